The molecule has 2 heteroatoms. The lowest BCUT2D eigenvalue weighted by molar-refractivity contribution is -0.128. The second-order valence-corrected chi connectivity index (χ2v) is 5.83. The summed E-state index contributed by atoms with van der Waals surface area (Å²) in [5, 5.41) is 0. The Bertz CT molecular complexity index is 490. The molecule has 0 aromatic heterocycles. The Morgan fingerprint density at radius 1 is 1.11 bits per heavy atom. The van der Waals surface area contributed by atoms with Gasteiger partial charge < -0.3 is 0 Å². The third-order valence-corrected chi connectivity index (χ3v) is 3.07. The van der Waals surface area contributed by atoms with Crippen molar-refractivity contribution < 1.29 is 9.59 Å². The monoisotopic (exact) mass is 258 g/mol. The molecule has 0 amide bonds. The molecule has 0 aliphatic heterocycles. The van der Waals surface area contributed by atoms with E-state index in [1.807, 2.05) is 58.0 Å². The first-order chi connectivity index (χ1) is 8.80. The van der Waals surface area contributed by atoms with E-state index in [-0.39, 0.29) is 17.0 Å². The van der Waals surface area contributed by atoms with Crippen LogP contribution in [0.2, 0.25) is 0 Å². The van der Waals surface area contributed by atoms with Crippen LogP contribution in [0.5, 0.6) is 0 Å². The number of hydrogen-bond acceptors (Lipinski definition) is 2. The minimum absolute atomic E-state index is 0.000790. The van der Waals surface area contributed by atoms with Crippen molar-refractivity contribution in [3.8, 4) is 0 Å². The van der Waals surface area contributed by atoms with Crippen LogP contribution < -0.4 is 0 Å². The highest BCUT2D eigenvalue weighted by molar-refractivity contribution is 5.96. The number of carbonyl (C=O) groups is 2. The molecule has 102 valence electrons. The second-order valence-electron chi connectivity index (χ2n) is 5.83. The van der Waals surface area contributed by atoms with E-state index in [4.69, 9.17) is 0 Å². The van der Waals surface area contributed by atoms with E-state index >= 15 is 0 Å². The van der Waals surface area contributed by atoms with E-state index in [1.165, 1.54) is 0 Å². The molecule has 2 nitrogen and oxygen atoms in total. The van der Waals surface area contributed by atoms with E-state index in [0.29, 0.717) is 12.8 Å². The Hall–Kier alpha value is -1.70. The summed E-state index contributed by atoms with van der Waals surface area (Å²) in [7, 11) is 0. The lowest BCUT2D eigenvalue weighted by Gasteiger charge is -2.15. The first kappa shape index (κ1) is 15.4. The van der Waals surface area contributed by atoms with Crippen molar-refractivity contribution in [2.45, 2.75) is 40.5 Å². The van der Waals surface area contributed by atoms with Gasteiger partial charge in [-0.2, -0.15) is 0 Å². The minimum atomic E-state index is -0.361. The van der Waals surface area contributed by atoms with Crippen molar-refractivity contribution in [2.75, 3.05) is 0 Å². The minimum Gasteiger partial charge on any atom is -0.299 e. The first-order valence-corrected chi connectivity index (χ1v) is 6.60. The zero-order chi connectivity index (χ0) is 14.5. The van der Waals surface area contributed by atoms with E-state index in [1.54, 1.807) is 6.08 Å². The van der Waals surface area contributed by atoms with Gasteiger partial charge >= 0.3 is 0 Å². The SMILES string of the molecule is Cc1ccccc1/C=C/C(=O)CCC(=O)C(C)(C)C. The van der Waals surface area contributed by atoms with Gasteiger partial charge in [0.15, 0.2) is 5.78 Å². The second kappa shape index (κ2) is 6.46. The van der Waals surface area contributed by atoms with Gasteiger partial charge in [0.1, 0.15) is 5.78 Å². The highest BCUT2D eigenvalue weighted by Crippen LogP contribution is 2.18. The summed E-state index contributed by atoms with van der Waals surface area (Å²) in [6.45, 7) is 7.64. The molecule has 0 bridgehead atoms. The van der Waals surface area contributed by atoms with Crippen molar-refractivity contribution in [3.63, 3.8) is 0 Å². The zero-order valence-electron chi connectivity index (χ0n) is 12.2. The average molecular weight is 258 g/mol. The van der Waals surface area contributed by atoms with Crippen molar-refractivity contribution >= 4 is 17.6 Å². The highest BCUT2D eigenvalue weighted by atomic mass is 16.1. The van der Waals surface area contributed by atoms with E-state index in [9.17, 15) is 9.59 Å². The quantitative estimate of drug-likeness (QED) is 0.749. The van der Waals surface area contributed by atoms with Crippen LogP contribution >= 0.6 is 0 Å². The van der Waals surface area contributed by atoms with Gasteiger partial charge in [0, 0.05) is 18.3 Å². The molecule has 0 saturated carbocycles. The predicted molar refractivity (Wildman–Crippen MR) is 78.9 cm³/mol. The molecular weight excluding hydrogens is 236 g/mol. The number of carbonyl (C=O) groups excluding carboxylic acids is 2. The molecule has 0 aliphatic carbocycles. The van der Waals surface area contributed by atoms with Crippen LogP contribution in [0.25, 0.3) is 6.08 Å². The maximum Gasteiger partial charge on any atom is 0.156 e. The first-order valence-electron chi connectivity index (χ1n) is 6.60. The van der Waals surface area contributed by atoms with Crippen LogP contribution in [0.4, 0.5) is 0 Å². The Morgan fingerprint density at radius 2 is 1.74 bits per heavy atom. The Morgan fingerprint density at radius 3 is 2.32 bits per heavy atom. The van der Waals surface area contributed by atoms with Gasteiger partial charge in [0.2, 0.25) is 0 Å². The van der Waals surface area contributed by atoms with Crippen LogP contribution in [-0.4, -0.2) is 11.6 Å². The molecule has 0 atom stereocenters. The Balaban J connectivity index is 2.53. The number of allylic oxidation sites excluding steroid dienone is 1. The maximum atomic E-state index is 11.7. The van der Waals surface area contributed by atoms with Gasteiger partial charge in [0.25, 0.3) is 0 Å². The topological polar surface area (TPSA) is 34.1 Å². The number of benzene rings is 1. The molecule has 0 radical (unpaired) electrons. The van der Waals surface area contributed by atoms with Gasteiger partial charge in [-0.1, -0.05) is 51.1 Å². The van der Waals surface area contributed by atoms with Crippen LogP contribution in [0, 0.1) is 12.3 Å². The number of ketones is 2. The van der Waals surface area contributed by atoms with Crippen LogP contribution in [0.15, 0.2) is 30.3 Å². The highest BCUT2D eigenvalue weighted by Gasteiger charge is 2.20. The smallest absolute Gasteiger partial charge is 0.156 e. The van der Waals surface area contributed by atoms with Gasteiger partial charge in [-0.05, 0) is 24.1 Å². The van der Waals surface area contributed by atoms with Gasteiger partial charge in [-0.25, -0.2) is 0 Å². The fraction of sp³-hybridized carbons (Fsp3) is 0.412. The van der Waals surface area contributed by atoms with Crippen LogP contribution in [-0.2, 0) is 9.59 Å². The Kier molecular flexibility index (Phi) is 5.22. The summed E-state index contributed by atoms with van der Waals surface area (Å²) < 4.78 is 0. The van der Waals surface area contributed by atoms with Crippen molar-refractivity contribution in [1.29, 1.82) is 0 Å². The standard InChI is InChI=1S/C17H22O2/c1-13-7-5-6-8-14(13)9-10-15(18)11-12-16(19)17(2,3)4/h5-10H,11-12H2,1-4H3/b10-9+. The van der Waals surface area contributed by atoms with Crippen molar-refractivity contribution in [3.05, 3.63) is 41.5 Å². The summed E-state index contributed by atoms with van der Waals surface area (Å²) in [6, 6.07) is 7.89. The fourth-order valence-electron chi connectivity index (χ4n) is 1.65. The third kappa shape index (κ3) is 5.21. The van der Waals surface area contributed by atoms with Gasteiger partial charge in [-0.3, -0.25) is 9.59 Å². The molecule has 0 saturated heterocycles. The summed E-state index contributed by atoms with van der Waals surface area (Å²) in [6.07, 6.45) is 4.00. The average Bonchev–Trinajstić information content (AvgIpc) is 2.33. The molecule has 19 heavy (non-hydrogen) atoms. The number of hydrogen-bond donors (Lipinski definition) is 0. The van der Waals surface area contributed by atoms with E-state index in [2.05, 4.69) is 0 Å². The summed E-state index contributed by atoms with van der Waals surface area (Å²) in [5.41, 5.74) is 1.82. The van der Waals surface area contributed by atoms with Gasteiger partial charge in [0.05, 0.1) is 0 Å². The fourth-order valence-corrected chi connectivity index (χ4v) is 1.65. The van der Waals surface area contributed by atoms with Gasteiger partial charge in [-0.15, -0.1) is 0 Å². The normalized spacial score (nSPS) is 11.8. The Labute approximate surface area is 115 Å². The molecular formula is C17H22O2. The molecule has 0 fully saturated rings. The molecule has 0 spiro atoms. The molecule has 0 heterocycles. The molecule has 1 aromatic rings. The summed E-state index contributed by atoms with van der Waals surface area (Å²) in [4.78, 5) is 23.4. The number of Topliss-reactive ketones (excluding diaryl/α,β-unsaturated/α-hetero) is 1. The lowest BCUT2D eigenvalue weighted by Crippen LogP contribution is -2.20. The van der Waals surface area contributed by atoms with E-state index in [0.717, 1.165) is 11.1 Å². The number of rotatable bonds is 5. The van der Waals surface area contributed by atoms with E-state index < -0.39 is 0 Å². The molecule has 1 aromatic carbocycles. The maximum absolute atomic E-state index is 11.7. The lowest BCUT2D eigenvalue weighted by atomic mass is 9.88. The predicted octanol–water partition coefficient (Wildman–Crippen LogP) is 3.97. The third-order valence-electron chi connectivity index (χ3n) is 3.07. The molecule has 0 N–H and O–H groups in total. The summed E-state index contributed by atoms with van der Waals surface area (Å²) >= 11 is 0. The largest absolute Gasteiger partial charge is 0.299 e. The molecule has 1 rings (SSSR count). The number of aryl methyl sites for hydroxylation is 1. The molecule has 0 aliphatic rings. The van der Waals surface area contributed by atoms with Crippen LogP contribution in [0.3, 0.4) is 0 Å². The molecule has 0 unspecified atom stereocenters. The van der Waals surface area contributed by atoms with Crippen LogP contribution in [0.1, 0.15) is 44.7 Å². The zero-order valence-corrected chi connectivity index (χ0v) is 12.2. The summed E-state index contributed by atoms with van der Waals surface area (Å²) in [5.74, 6) is 0.131. The van der Waals surface area contributed by atoms with Crippen molar-refractivity contribution in [2.24, 2.45) is 5.41 Å². The van der Waals surface area contributed by atoms with Crippen molar-refractivity contribution in [1.82, 2.24) is 0 Å².